The van der Waals surface area contributed by atoms with Gasteiger partial charge in [-0.1, -0.05) is 37.6 Å². The van der Waals surface area contributed by atoms with E-state index < -0.39 is 0 Å². The van der Waals surface area contributed by atoms with Crippen molar-refractivity contribution in [1.82, 2.24) is 20.9 Å². The van der Waals surface area contributed by atoms with Gasteiger partial charge in [0.05, 0.1) is 0 Å². The zero-order valence-corrected chi connectivity index (χ0v) is 21.7. The molecule has 0 aliphatic carbocycles. The van der Waals surface area contributed by atoms with E-state index in [-0.39, 0.29) is 35.8 Å². The second-order valence-electron chi connectivity index (χ2n) is 7.97. The van der Waals surface area contributed by atoms with Gasteiger partial charge in [-0.2, -0.15) is 0 Å². The summed E-state index contributed by atoms with van der Waals surface area (Å²) in [5.74, 6) is 1.31. The molecule has 0 bridgehead atoms. The maximum absolute atomic E-state index is 11.7. The van der Waals surface area contributed by atoms with Crippen molar-refractivity contribution < 1.29 is 4.79 Å². The van der Waals surface area contributed by atoms with Crippen molar-refractivity contribution in [2.24, 2.45) is 16.8 Å². The zero-order valence-electron chi connectivity index (χ0n) is 18.6. The number of likely N-dealkylation sites (tertiary alicyclic amines) is 1. The predicted molar refractivity (Wildman–Crippen MR) is 137 cm³/mol. The Labute approximate surface area is 203 Å². The minimum Gasteiger partial charge on any atom is -0.357 e. The third kappa shape index (κ3) is 8.59. The highest BCUT2D eigenvalue weighted by Gasteiger charge is 2.30. The van der Waals surface area contributed by atoms with Crippen molar-refractivity contribution in [3.63, 3.8) is 0 Å². The number of aliphatic imine (C=N–C) groups is 1. The Morgan fingerprint density at radius 1 is 1.27 bits per heavy atom. The van der Waals surface area contributed by atoms with Crippen LogP contribution in [-0.4, -0.2) is 56.5 Å². The molecule has 2 rings (SSSR count). The monoisotopic (exact) mass is 549 g/mol. The number of carbonyl (C=O) groups is 1. The fourth-order valence-corrected chi connectivity index (χ4v) is 3.99. The summed E-state index contributed by atoms with van der Waals surface area (Å²) >= 11 is 6.24. The topological polar surface area (TPSA) is 68.8 Å². The Kier molecular flexibility index (Phi) is 12.7. The molecule has 1 aromatic rings. The van der Waals surface area contributed by atoms with Crippen LogP contribution in [0.2, 0.25) is 5.02 Å². The number of halogens is 2. The fourth-order valence-electron chi connectivity index (χ4n) is 3.79. The molecule has 30 heavy (non-hydrogen) atoms. The smallest absolute Gasteiger partial charge is 0.222 e. The SMILES string of the molecule is CCNC(=NCC1CCCN(C)C1c1cccc(Cl)c1)NCCNC(=O)C(C)C.I. The summed E-state index contributed by atoms with van der Waals surface area (Å²) in [4.78, 5) is 18.9. The number of amides is 1. The second kappa shape index (κ2) is 14.1. The summed E-state index contributed by atoms with van der Waals surface area (Å²) in [6, 6.07) is 8.50. The Hall–Kier alpha value is -1.06. The lowest BCUT2D eigenvalue weighted by Crippen LogP contribution is -2.43. The summed E-state index contributed by atoms with van der Waals surface area (Å²) in [6.45, 7) is 9.71. The van der Waals surface area contributed by atoms with Crippen molar-refractivity contribution in [3.05, 3.63) is 34.9 Å². The average molecular weight is 550 g/mol. The van der Waals surface area contributed by atoms with Gasteiger partial charge in [0.2, 0.25) is 5.91 Å². The van der Waals surface area contributed by atoms with E-state index in [0.29, 0.717) is 25.0 Å². The van der Waals surface area contributed by atoms with Crippen molar-refractivity contribution in [2.75, 3.05) is 39.8 Å². The number of nitrogens with one attached hydrogen (secondary N) is 3. The third-order valence-corrected chi connectivity index (χ3v) is 5.50. The highest BCUT2D eigenvalue weighted by atomic mass is 127. The summed E-state index contributed by atoms with van der Waals surface area (Å²) in [5.41, 5.74) is 1.26. The molecule has 0 radical (unpaired) electrons. The maximum Gasteiger partial charge on any atom is 0.222 e. The van der Waals surface area contributed by atoms with E-state index in [4.69, 9.17) is 16.6 Å². The van der Waals surface area contributed by atoms with E-state index in [1.165, 1.54) is 12.0 Å². The Bertz CT molecular complexity index is 685. The second-order valence-corrected chi connectivity index (χ2v) is 8.41. The minimum absolute atomic E-state index is 0. The summed E-state index contributed by atoms with van der Waals surface area (Å²) in [5, 5.41) is 10.3. The van der Waals surface area contributed by atoms with Gasteiger partial charge in [-0.15, -0.1) is 24.0 Å². The van der Waals surface area contributed by atoms with Crippen LogP contribution >= 0.6 is 35.6 Å². The molecule has 8 heteroatoms. The third-order valence-electron chi connectivity index (χ3n) is 5.27. The molecule has 1 aromatic carbocycles. The molecule has 1 aliphatic rings. The van der Waals surface area contributed by atoms with Gasteiger partial charge < -0.3 is 16.0 Å². The normalized spacial score (nSPS) is 19.9. The highest BCUT2D eigenvalue weighted by Crippen LogP contribution is 2.36. The molecule has 1 heterocycles. The number of benzene rings is 1. The van der Waals surface area contributed by atoms with Crippen molar-refractivity contribution in [2.45, 2.75) is 39.7 Å². The lowest BCUT2D eigenvalue weighted by Gasteiger charge is -2.39. The first-order valence-electron chi connectivity index (χ1n) is 10.7. The molecule has 1 fully saturated rings. The number of hydrogen-bond acceptors (Lipinski definition) is 3. The molecule has 0 spiro atoms. The van der Waals surface area contributed by atoms with E-state index >= 15 is 0 Å². The van der Waals surface area contributed by atoms with E-state index in [1.54, 1.807) is 0 Å². The molecule has 0 aromatic heterocycles. The van der Waals surface area contributed by atoms with Crippen molar-refractivity contribution in [1.29, 1.82) is 0 Å². The van der Waals surface area contributed by atoms with Gasteiger partial charge in [-0.05, 0) is 57.0 Å². The molecule has 0 saturated carbocycles. The van der Waals surface area contributed by atoms with Crippen molar-refractivity contribution in [3.8, 4) is 0 Å². The molecule has 1 amide bonds. The first-order valence-corrected chi connectivity index (χ1v) is 11.1. The lowest BCUT2D eigenvalue weighted by molar-refractivity contribution is -0.123. The van der Waals surface area contributed by atoms with Gasteiger partial charge in [0.15, 0.2) is 5.96 Å². The lowest BCUT2D eigenvalue weighted by atomic mass is 9.85. The van der Waals surface area contributed by atoms with Crippen LogP contribution in [0.5, 0.6) is 0 Å². The molecule has 1 saturated heterocycles. The van der Waals surface area contributed by atoms with Crippen LogP contribution in [0, 0.1) is 11.8 Å². The standard InChI is InChI=1S/C22H36ClN5O.HI/c1-5-24-22(26-12-11-25-21(29)16(2)3)27-15-18-9-7-13-28(4)20(18)17-8-6-10-19(23)14-17;/h6,8,10,14,16,18,20H,5,7,9,11-13,15H2,1-4H3,(H,25,29)(H2,24,26,27);1H. The maximum atomic E-state index is 11.7. The molecule has 6 nitrogen and oxygen atoms in total. The first kappa shape index (κ1) is 27.0. The number of piperidine rings is 1. The van der Waals surface area contributed by atoms with Crippen molar-refractivity contribution >= 4 is 47.4 Å². The van der Waals surface area contributed by atoms with Crippen LogP contribution in [-0.2, 0) is 4.79 Å². The quantitative estimate of drug-likeness (QED) is 0.200. The Morgan fingerprint density at radius 3 is 2.67 bits per heavy atom. The zero-order chi connectivity index (χ0) is 21.2. The molecule has 3 N–H and O–H groups in total. The number of nitrogens with zero attached hydrogens (tertiary/aromatic N) is 2. The largest absolute Gasteiger partial charge is 0.357 e. The number of carbonyl (C=O) groups excluding carboxylic acids is 1. The Morgan fingerprint density at radius 2 is 2.00 bits per heavy atom. The van der Waals surface area contributed by atoms with Gasteiger partial charge in [0.1, 0.15) is 0 Å². The number of rotatable bonds is 8. The summed E-state index contributed by atoms with van der Waals surface area (Å²) in [6.07, 6.45) is 2.33. The summed E-state index contributed by atoms with van der Waals surface area (Å²) < 4.78 is 0. The van der Waals surface area contributed by atoms with Gasteiger partial charge in [-0.25, -0.2) is 0 Å². The molecule has 2 unspecified atom stereocenters. The molecule has 1 aliphatic heterocycles. The average Bonchev–Trinajstić information content (AvgIpc) is 2.68. The molecule has 170 valence electrons. The highest BCUT2D eigenvalue weighted by molar-refractivity contribution is 14.0. The van der Waals surface area contributed by atoms with Crippen LogP contribution in [0.4, 0.5) is 0 Å². The van der Waals surface area contributed by atoms with Gasteiger partial charge in [-0.3, -0.25) is 14.7 Å². The van der Waals surface area contributed by atoms with E-state index in [1.807, 2.05) is 26.0 Å². The van der Waals surface area contributed by atoms with Crippen LogP contribution in [0.1, 0.15) is 45.2 Å². The van der Waals surface area contributed by atoms with Crippen LogP contribution in [0.25, 0.3) is 0 Å². The van der Waals surface area contributed by atoms with Crippen LogP contribution in [0.3, 0.4) is 0 Å². The van der Waals surface area contributed by atoms with E-state index in [2.05, 4.69) is 47.0 Å². The van der Waals surface area contributed by atoms with Crippen LogP contribution in [0.15, 0.2) is 29.3 Å². The minimum atomic E-state index is 0. The molecular weight excluding hydrogens is 513 g/mol. The molecule has 2 atom stereocenters. The fraction of sp³-hybridized carbons (Fsp3) is 0.636. The molecular formula is C22H37ClIN5O. The van der Waals surface area contributed by atoms with E-state index in [0.717, 1.165) is 37.0 Å². The van der Waals surface area contributed by atoms with Crippen LogP contribution < -0.4 is 16.0 Å². The van der Waals surface area contributed by atoms with Gasteiger partial charge in [0.25, 0.3) is 0 Å². The summed E-state index contributed by atoms with van der Waals surface area (Å²) in [7, 11) is 2.18. The first-order chi connectivity index (χ1) is 13.9. The predicted octanol–water partition coefficient (Wildman–Crippen LogP) is 3.67. The Balaban J connectivity index is 0.00000450. The van der Waals surface area contributed by atoms with Gasteiger partial charge in [0, 0.05) is 43.2 Å². The van der Waals surface area contributed by atoms with E-state index in [9.17, 15) is 4.79 Å². The number of hydrogen-bond donors (Lipinski definition) is 3. The van der Waals surface area contributed by atoms with Gasteiger partial charge >= 0.3 is 0 Å². The number of guanidine groups is 1.